The van der Waals surface area contributed by atoms with Gasteiger partial charge in [0.05, 0.1) is 24.6 Å². The molecule has 24 heavy (non-hydrogen) atoms. The molecule has 1 fully saturated rings. The molecule has 0 radical (unpaired) electrons. The summed E-state index contributed by atoms with van der Waals surface area (Å²) in [5, 5.41) is 2.82. The van der Waals surface area contributed by atoms with Gasteiger partial charge in [-0.1, -0.05) is 6.07 Å². The highest BCUT2D eigenvalue weighted by Gasteiger charge is 2.15. The molecule has 0 aromatic carbocycles. The second kappa shape index (κ2) is 6.84. The standard InChI is InChI=1S/C17H20N4O3/c1-12-13(6-7-15(18-12)21-8-10-24-11-9-21)19-17(23)14-4-3-5-16(22)20(14)2/h3-7H,8-11H2,1-2H3,(H,19,23). The fourth-order valence-electron chi connectivity index (χ4n) is 2.63. The first-order chi connectivity index (χ1) is 11.6. The van der Waals surface area contributed by atoms with Gasteiger partial charge in [0.1, 0.15) is 11.5 Å². The van der Waals surface area contributed by atoms with Crippen LogP contribution in [-0.2, 0) is 11.8 Å². The lowest BCUT2D eigenvalue weighted by Gasteiger charge is -2.28. The molecule has 0 aliphatic carbocycles. The largest absolute Gasteiger partial charge is 0.378 e. The van der Waals surface area contributed by atoms with Crippen molar-refractivity contribution in [2.75, 3.05) is 36.5 Å². The van der Waals surface area contributed by atoms with E-state index in [-0.39, 0.29) is 11.5 Å². The third-order valence-electron chi connectivity index (χ3n) is 4.07. The van der Waals surface area contributed by atoms with E-state index in [9.17, 15) is 9.59 Å². The van der Waals surface area contributed by atoms with Gasteiger partial charge < -0.3 is 19.5 Å². The Morgan fingerprint density at radius 2 is 1.96 bits per heavy atom. The summed E-state index contributed by atoms with van der Waals surface area (Å²) in [6.45, 7) is 4.86. The first kappa shape index (κ1) is 16.2. The molecule has 0 bridgehead atoms. The average molecular weight is 328 g/mol. The molecular formula is C17H20N4O3. The van der Waals surface area contributed by atoms with E-state index in [1.165, 1.54) is 10.6 Å². The highest BCUT2D eigenvalue weighted by Crippen LogP contribution is 2.20. The number of aromatic nitrogens is 2. The Hall–Kier alpha value is -2.67. The van der Waals surface area contributed by atoms with Gasteiger partial charge in [-0.25, -0.2) is 4.98 Å². The van der Waals surface area contributed by atoms with Crippen molar-refractivity contribution in [3.05, 3.63) is 52.1 Å². The topological polar surface area (TPSA) is 76.5 Å². The quantitative estimate of drug-likeness (QED) is 0.915. The number of hydrogen-bond donors (Lipinski definition) is 1. The minimum Gasteiger partial charge on any atom is -0.378 e. The number of pyridine rings is 2. The molecule has 2 aromatic heterocycles. The van der Waals surface area contributed by atoms with Crippen molar-refractivity contribution in [3.8, 4) is 0 Å². The molecule has 7 nitrogen and oxygen atoms in total. The van der Waals surface area contributed by atoms with Gasteiger partial charge in [-0.3, -0.25) is 9.59 Å². The van der Waals surface area contributed by atoms with Gasteiger partial charge in [-0.2, -0.15) is 0 Å². The van der Waals surface area contributed by atoms with Crippen molar-refractivity contribution in [3.63, 3.8) is 0 Å². The van der Waals surface area contributed by atoms with Gasteiger partial charge in [0.15, 0.2) is 0 Å². The van der Waals surface area contributed by atoms with Crippen molar-refractivity contribution in [2.45, 2.75) is 6.92 Å². The number of anilines is 2. The van der Waals surface area contributed by atoms with E-state index >= 15 is 0 Å². The zero-order chi connectivity index (χ0) is 17.1. The van der Waals surface area contributed by atoms with E-state index in [1.807, 2.05) is 19.1 Å². The molecule has 2 aromatic rings. The smallest absolute Gasteiger partial charge is 0.272 e. The van der Waals surface area contributed by atoms with Crippen molar-refractivity contribution in [1.29, 1.82) is 0 Å². The third-order valence-corrected chi connectivity index (χ3v) is 4.07. The number of rotatable bonds is 3. The predicted molar refractivity (Wildman–Crippen MR) is 91.6 cm³/mol. The Kier molecular flexibility index (Phi) is 4.61. The van der Waals surface area contributed by atoms with Crippen LogP contribution in [0, 0.1) is 6.92 Å². The molecule has 0 saturated carbocycles. The van der Waals surface area contributed by atoms with Gasteiger partial charge >= 0.3 is 0 Å². The van der Waals surface area contributed by atoms with Gasteiger partial charge in [0, 0.05) is 26.2 Å². The van der Waals surface area contributed by atoms with E-state index in [2.05, 4.69) is 15.2 Å². The molecule has 0 unspecified atom stereocenters. The second-order valence-electron chi connectivity index (χ2n) is 5.66. The molecule has 1 amide bonds. The first-order valence-electron chi connectivity index (χ1n) is 7.84. The van der Waals surface area contributed by atoms with E-state index in [0.717, 1.165) is 24.6 Å². The Morgan fingerprint density at radius 1 is 1.21 bits per heavy atom. The van der Waals surface area contributed by atoms with Crippen molar-refractivity contribution in [2.24, 2.45) is 7.05 Å². The monoisotopic (exact) mass is 328 g/mol. The number of carbonyl (C=O) groups is 1. The summed E-state index contributed by atoms with van der Waals surface area (Å²) in [7, 11) is 1.57. The van der Waals surface area contributed by atoms with Gasteiger partial charge in [0.25, 0.3) is 11.5 Å². The van der Waals surface area contributed by atoms with Crippen LogP contribution in [0.25, 0.3) is 0 Å². The fourth-order valence-corrected chi connectivity index (χ4v) is 2.63. The summed E-state index contributed by atoms with van der Waals surface area (Å²) >= 11 is 0. The predicted octanol–water partition coefficient (Wildman–Crippen LogP) is 1.18. The second-order valence-corrected chi connectivity index (χ2v) is 5.66. The lowest BCUT2D eigenvalue weighted by atomic mass is 10.2. The van der Waals surface area contributed by atoms with E-state index in [0.29, 0.717) is 24.6 Å². The number of nitrogens with zero attached hydrogens (tertiary/aromatic N) is 3. The molecule has 0 atom stereocenters. The van der Waals surface area contributed by atoms with E-state index in [1.54, 1.807) is 19.2 Å². The third kappa shape index (κ3) is 3.30. The highest BCUT2D eigenvalue weighted by molar-refractivity contribution is 6.03. The van der Waals surface area contributed by atoms with Crippen LogP contribution in [-0.4, -0.2) is 41.8 Å². The summed E-state index contributed by atoms with van der Waals surface area (Å²) in [6, 6.07) is 8.33. The molecule has 1 N–H and O–H groups in total. The van der Waals surface area contributed by atoms with Crippen LogP contribution < -0.4 is 15.8 Å². The molecule has 1 aliphatic rings. The fraction of sp³-hybridized carbons (Fsp3) is 0.353. The van der Waals surface area contributed by atoms with Crippen LogP contribution in [0.2, 0.25) is 0 Å². The normalized spacial score (nSPS) is 14.5. The Labute approximate surface area is 139 Å². The molecule has 1 aliphatic heterocycles. The number of hydrogen-bond acceptors (Lipinski definition) is 5. The number of amides is 1. The van der Waals surface area contributed by atoms with Crippen LogP contribution in [0.4, 0.5) is 11.5 Å². The summed E-state index contributed by atoms with van der Waals surface area (Å²) < 4.78 is 6.66. The minimum atomic E-state index is -0.334. The van der Waals surface area contributed by atoms with Crippen LogP contribution in [0.1, 0.15) is 16.2 Å². The maximum absolute atomic E-state index is 12.4. The Balaban J connectivity index is 1.79. The number of nitrogens with one attached hydrogen (secondary N) is 1. The van der Waals surface area contributed by atoms with Gasteiger partial charge in [0.2, 0.25) is 0 Å². The molecule has 126 valence electrons. The van der Waals surface area contributed by atoms with E-state index in [4.69, 9.17) is 4.74 Å². The molecule has 3 heterocycles. The van der Waals surface area contributed by atoms with Crippen LogP contribution >= 0.6 is 0 Å². The van der Waals surface area contributed by atoms with Crippen molar-refractivity contribution < 1.29 is 9.53 Å². The minimum absolute atomic E-state index is 0.222. The zero-order valence-corrected chi connectivity index (χ0v) is 13.8. The Morgan fingerprint density at radius 3 is 2.67 bits per heavy atom. The van der Waals surface area contributed by atoms with Crippen molar-refractivity contribution >= 4 is 17.4 Å². The van der Waals surface area contributed by atoms with Gasteiger partial charge in [-0.05, 0) is 25.1 Å². The van der Waals surface area contributed by atoms with Crippen LogP contribution in [0.15, 0.2) is 35.1 Å². The molecule has 7 heteroatoms. The van der Waals surface area contributed by atoms with Crippen molar-refractivity contribution in [1.82, 2.24) is 9.55 Å². The summed E-state index contributed by atoms with van der Waals surface area (Å²) in [5.41, 5.74) is 1.45. The van der Waals surface area contributed by atoms with E-state index < -0.39 is 0 Å². The number of carbonyl (C=O) groups excluding carboxylic acids is 1. The molecular weight excluding hydrogens is 308 g/mol. The number of ether oxygens (including phenoxy) is 1. The summed E-state index contributed by atoms with van der Waals surface area (Å²) in [4.78, 5) is 30.8. The van der Waals surface area contributed by atoms with Crippen LogP contribution in [0.3, 0.4) is 0 Å². The first-order valence-corrected chi connectivity index (χ1v) is 7.84. The van der Waals surface area contributed by atoms with Gasteiger partial charge in [-0.15, -0.1) is 0 Å². The summed E-state index contributed by atoms with van der Waals surface area (Å²) in [5.74, 6) is 0.542. The molecule has 3 rings (SSSR count). The molecule has 1 saturated heterocycles. The van der Waals surface area contributed by atoms with Crippen LogP contribution in [0.5, 0.6) is 0 Å². The highest BCUT2D eigenvalue weighted by atomic mass is 16.5. The Bertz CT molecular complexity index is 810. The molecule has 0 spiro atoms. The summed E-state index contributed by atoms with van der Waals surface area (Å²) in [6.07, 6.45) is 0. The lowest BCUT2D eigenvalue weighted by Crippen LogP contribution is -2.36. The number of aryl methyl sites for hydroxylation is 1. The number of morpholine rings is 1. The zero-order valence-electron chi connectivity index (χ0n) is 13.8. The maximum Gasteiger partial charge on any atom is 0.272 e. The maximum atomic E-state index is 12.4. The lowest BCUT2D eigenvalue weighted by molar-refractivity contribution is 0.101. The average Bonchev–Trinajstić information content (AvgIpc) is 2.59. The SMILES string of the molecule is Cc1nc(N2CCOCC2)ccc1NC(=O)c1cccc(=O)n1C.